The molecule has 0 aliphatic heterocycles. The molecule has 0 bridgehead atoms. The molecule has 0 aromatic heterocycles. The van der Waals surface area contributed by atoms with Crippen LogP contribution in [0.1, 0.15) is 64.5 Å². The van der Waals surface area contributed by atoms with Crippen LogP contribution in [0.25, 0.3) is 0 Å². The van der Waals surface area contributed by atoms with Gasteiger partial charge in [0.1, 0.15) is 0 Å². The van der Waals surface area contributed by atoms with E-state index < -0.39 is 42.6 Å². The molecular weight excluding hydrogens is 490 g/mol. The van der Waals surface area contributed by atoms with Crippen LogP contribution < -0.4 is 0 Å². The number of carbonyl (C=O) groups excluding carboxylic acids is 1. The first-order valence-electron chi connectivity index (χ1n) is 12.2. The zero-order valence-electron chi connectivity index (χ0n) is 22.1. The molecule has 4 rings (SSSR count). The van der Waals surface area contributed by atoms with Crippen molar-refractivity contribution in [2.75, 3.05) is 0 Å². The number of rotatable bonds is 5. The van der Waals surface area contributed by atoms with E-state index in [1.165, 1.54) is 24.3 Å². The van der Waals surface area contributed by atoms with E-state index in [4.69, 9.17) is 0 Å². The van der Waals surface area contributed by atoms with Gasteiger partial charge in [0.05, 0.1) is 20.8 Å². The maximum atomic E-state index is 13.6. The molecule has 0 unspecified atom stereocenters. The van der Waals surface area contributed by atoms with Crippen LogP contribution in [0.2, 0.25) is 0 Å². The summed E-state index contributed by atoms with van der Waals surface area (Å²) < 4.78 is 0. The van der Waals surface area contributed by atoms with E-state index in [2.05, 4.69) is 0 Å². The molecule has 0 saturated heterocycles. The minimum absolute atomic E-state index is 0.0816. The Bertz CT molecular complexity index is 1410. The summed E-state index contributed by atoms with van der Waals surface area (Å²) in [7, 11) is 0. The minimum Gasteiger partial charge on any atom is -0.289 e. The Labute approximate surface area is 219 Å². The lowest BCUT2D eigenvalue weighted by Crippen LogP contribution is -2.30. The van der Waals surface area contributed by atoms with Crippen molar-refractivity contribution in [3.8, 4) is 0 Å². The van der Waals surface area contributed by atoms with Gasteiger partial charge < -0.3 is 0 Å². The zero-order valence-corrected chi connectivity index (χ0v) is 22.1. The van der Waals surface area contributed by atoms with Gasteiger partial charge in [-0.1, -0.05) is 65.8 Å². The summed E-state index contributed by atoms with van der Waals surface area (Å²) in [5, 5.41) is 34.7. The maximum Gasteiger partial charge on any atom is 0.279 e. The van der Waals surface area contributed by atoms with Crippen molar-refractivity contribution in [2.45, 2.75) is 53.4 Å². The summed E-state index contributed by atoms with van der Waals surface area (Å²) in [6.45, 7) is 11.6. The molecule has 2 aromatic carbocycles. The van der Waals surface area contributed by atoms with Crippen molar-refractivity contribution < 1.29 is 19.6 Å². The highest BCUT2D eigenvalue weighted by molar-refractivity contribution is 6.11. The molecule has 1 saturated carbocycles. The molecule has 1 spiro atoms. The Morgan fingerprint density at radius 3 is 1.58 bits per heavy atom. The number of carbonyl (C=O) groups is 1. The van der Waals surface area contributed by atoms with Crippen molar-refractivity contribution in [3.05, 3.63) is 107 Å². The molecule has 2 aliphatic carbocycles. The van der Waals surface area contributed by atoms with E-state index in [-0.39, 0.29) is 23.1 Å². The second-order valence-corrected chi connectivity index (χ2v) is 12.0. The lowest BCUT2D eigenvalue weighted by Gasteiger charge is -2.34. The maximum absolute atomic E-state index is 13.6. The quantitative estimate of drug-likeness (QED) is 0.311. The van der Waals surface area contributed by atoms with Crippen LogP contribution in [-0.2, 0) is 4.79 Å². The fraction of sp³-hybridized carbons (Fsp3) is 0.393. The predicted octanol–water partition coefficient (Wildman–Crippen LogP) is 6.81. The standard InChI is InChI=1S/C28H29N3O7/c1-26(2,3)20-14-28(15-21(25(20)32)27(4,5)6)23(16-7-9-17(10-8-16)29(33)34)24(28)19-12-11-18(30(35)36)13-22(19)31(37)38/h7-15,23-24H,1-6H3/t23-,24-/m1/s1. The van der Waals surface area contributed by atoms with Crippen LogP contribution in [0.5, 0.6) is 0 Å². The van der Waals surface area contributed by atoms with Crippen LogP contribution in [0.15, 0.2) is 65.8 Å². The molecule has 1 fully saturated rings. The lowest BCUT2D eigenvalue weighted by molar-refractivity contribution is -0.394. The van der Waals surface area contributed by atoms with Gasteiger partial charge in [0.2, 0.25) is 0 Å². The van der Waals surface area contributed by atoms with Crippen molar-refractivity contribution in [3.63, 3.8) is 0 Å². The average molecular weight is 520 g/mol. The Morgan fingerprint density at radius 2 is 1.16 bits per heavy atom. The number of allylic oxidation sites excluding steroid dienone is 4. The van der Waals surface area contributed by atoms with Gasteiger partial charge in [0, 0.05) is 52.2 Å². The predicted molar refractivity (Wildman–Crippen MR) is 141 cm³/mol. The number of non-ortho nitro benzene ring substituents is 2. The molecule has 2 aliphatic rings. The van der Waals surface area contributed by atoms with E-state index in [0.29, 0.717) is 16.7 Å². The highest BCUT2D eigenvalue weighted by Crippen LogP contribution is 2.75. The van der Waals surface area contributed by atoms with Gasteiger partial charge in [-0.15, -0.1) is 0 Å². The Balaban J connectivity index is 2.02. The van der Waals surface area contributed by atoms with E-state index in [1.54, 1.807) is 12.1 Å². The number of nitro groups is 3. The molecule has 38 heavy (non-hydrogen) atoms. The molecule has 2 atom stereocenters. The van der Waals surface area contributed by atoms with Gasteiger partial charge in [-0.3, -0.25) is 35.1 Å². The van der Waals surface area contributed by atoms with Gasteiger partial charge >= 0.3 is 0 Å². The van der Waals surface area contributed by atoms with Crippen LogP contribution in [0, 0.1) is 46.6 Å². The van der Waals surface area contributed by atoms with Gasteiger partial charge in [0.25, 0.3) is 17.1 Å². The number of benzene rings is 2. The van der Waals surface area contributed by atoms with E-state index in [1.807, 2.05) is 53.7 Å². The van der Waals surface area contributed by atoms with Crippen LogP contribution in [-0.4, -0.2) is 20.6 Å². The van der Waals surface area contributed by atoms with Crippen LogP contribution in [0.4, 0.5) is 17.1 Å². The largest absolute Gasteiger partial charge is 0.289 e. The SMILES string of the molecule is CC(C)(C)C1=CC2(C=C(C(C)(C)C)C1=O)[C@H](c1ccc([N+](=O)[O-])cc1)[C@H]2c1ccc([N+](=O)[O-])cc1[N+](=O)[O-]. The van der Waals surface area contributed by atoms with Crippen molar-refractivity contribution in [2.24, 2.45) is 16.2 Å². The topological polar surface area (TPSA) is 146 Å². The fourth-order valence-electron chi connectivity index (χ4n) is 5.52. The summed E-state index contributed by atoms with van der Waals surface area (Å²) >= 11 is 0. The van der Waals surface area contributed by atoms with E-state index >= 15 is 0 Å². The lowest BCUT2D eigenvalue weighted by atomic mass is 9.69. The summed E-state index contributed by atoms with van der Waals surface area (Å²) in [6, 6.07) is 9.67. The Morgan fingerprint density at radius 1 is 0.684 bits per heavy atom. The molecule has 10 heteroatoms. The minimum atomic E-state index is -0.837. The van der Waals surface area contributed by atoms with Crippen molar-refractivity contribution in [1.82, 2.24) is 0 Å². The van der Waals surface area contributed by atoms with Crippen molar-refractivity contribution in [1.29, 1.82) is 0 Å². The van der Waals surface area contributed by atoms with Crippen molar-refractivity contribution >= 4 is 22.8 Å². The molecule has 198 valence electrons. The van der Waals surface area contributed by atoms with E-state index in [0.717, 1.165) is 11.6 Å². The first-order valence-corrected chi connectivity index (χ1v) is 12.2. The van der Waals surface area contributed by atoms with Gasteiger partial charge in [-0.25, -0.2) is 0 Å². The second-order valence-electron chi connectivity index (χ2n) is 12.0. The molecule has 0 amide bonds. The summed E-state index contributed by atoms with van der Waals surface area (Å²) in [5.74, 6) is -0.985. The number of hydrogen-bond donors (Lipinski definition) is 0. The highest BCUT2D eigenvalue weighted by atomic mass is 16.6. The second kappa shape index (κ2) is 8.68. The number of hydrogen-bond acceptors (Lipinski definition) is 7. The molecular formula is C28H29N3O7. The summed E-state index contributed by atoms with van der Waals surface area (Å²) in [4.78, 5) is 46.5. The Kier molecular flexibility index (Phi) is 6.13. The monoisotopic (exact) mass is 519 g/mol. The summed E-state index contributed by atoms with van der Waals surface area (Å²) in [5.41, 5.74) is -0.532. The van der Waals surface area contributed by atoms with Gasteiger partial charge in [-0.05, 0) is 22.5 Å². The number of nitrogens with zero attached hydrogens (tertiary/aromatic N) is 3. The third-order valence-corrected chi connectivity index (χ3v) is 7.42. The van der Waals surface area contributed by atoms with Gasteiger partial charge in [-0.2, -0.15) is 0 Å². The number of Topliss-reactive ketones (excluding diaryl/α,β-unsaturated/α-hetero) is 1. The summed E-state index contributed by atoms with van der Waals surface area (Å²) in [6.07, 6.45) is 3.79. The third-order valence-electron chi connectivity index (χ3n) is 7.42. The highest BCUT2D eigenvalue weighted by Gasteiger charge is 2.66. The van der Waals surface area contributed by atoms with Crippen LogP contribution in [0.3, 0.4) is 0 Å². The molecule has 0 heterocycles. The van der Waals surface area contributed by atoms with E-state index in [9.17, 15) is 35.1 Å². The fourth-order valence-corrected chi connectivity index (χ4v) is 5.52. The smallest absolute Gasteiger partial charge is 0.279 e. The molecule has 10 nitrogen and oxygen atoms in total. The molecule has 0 N–H and O–H groups in total. The average Bonchev–Trinajstić information content (AvgIpc) is 3.45. The molecule has 2 aromatic rings. The zero-order chi connectivity index (χ0) is 28.4. The third kappa shape index (κ3) is 4.40. The number of nitro benzene ring substituents is 3. The molecule has 0 radical (unpaired) electrons. The van der Waals surface area contributed by atoms with Crippen LogP contribution >= 0.6 is 0 Å². The first-order chi connectivity index (χ1) is 17.5. The normalized spacial score (nSPS) is 20.5. The van der Waals surface area contributed by atoms with Gasteiger partial charge in [0.15, 0.2) is 5.78 Å². The first kappa shape index (κ1) is 26.8. The Hall–Kier alpha value is -4.21. The number of ketones is 1.